The van der Waals surface area contributed by atoms with Gasteiger partial charge in [-0.25, -0.2) is 8.42 Å². The molecule has 4 rings (SSSR count). The van der Waals surface area contributed by atoms with Crippen molar-refractivity contribution in [3.8, 4) is 11.5 Å². The molecule has 2 heterocycles. The van der Waals surface area contributed by atoms with Gasteiger partial charge in [-0.1, -0.05) is 0 Å². The predicted molar refractivity (Wildman–Crippen MR) is 120 cm³/mol. The highest BCUT2D eigenvalue weighted by Crippen LogP contribution is 2.35. The molecule has 0 bridgehead atoms. The Labute approximate surface area is 182 Å². The molecular formula is C21H25ClN2O5S. The first kappa shape index (κ1) is 22.1. The van der Waals surface area contributed by atoms with E-state index in [9.17, 15) is 8.42 Å². The van der Waals surface area contributed by atoms with Crippen LogP contribution in [0.4, 0.5) is 11.4 Å². The Morgan fingerprint density at radius 2 is 1.70 bits per heavy atom. The number of hydrogen-bond donors (Lipinski definition) is 1. The number of nitrogens with one attached hydrogen (secondary N) is 1. The molecule has 0 saturated carbocycles. The van der Waals surface area contributed by atoms with E-state index >= 15 is 0 Å². The molecule has 162 valence electrons. The zero-order valence-electron chi connectivity index (χ0n) is 16.9. The highest BCUT2D eigenvalue weighted by atomic mass is 35.5. The van der Waals surface area contributed by atoms with Crippen molar-refractivity contribution in [3.05, 3.63) is 42.7 Å². The molecule has 0 amide bonds. The molecular weight excluding hydrogens is 428 g/mol. The van der Waals surface area contributed by atoms with E-state index in [1.807, 2.05) is 12.1 Å². The Hall–Kier alpha value is -2.58. The van der Waals surface area contributed by atoms with E-state index in [1.165, 1.54) is 32.8 Å². The van der Waals surface area contributed by atoms with E-state index in [4.69, 9.17) is 13.9 Å². The zero-order valence-corrected chi connectivity index (χ0v) is 18.5. The van der Waals surface area contributed by atoms with Crippen molar-refractivity contribution >= 4 is 44.8 Å². The minimum atomic E-state index is -3.80. The van der Waals surface area contributed by atoms with Gasteiger partial charge in [-0.05, 0) is 49.6 Å². The third kappa shape index (κ3) is 4.29. The fraction of sp³-hybridized carbons (Fsp3) is 0.333. The molecule has 7 nitrogen and oxygen atoms in total. The van der Waals surface area contributed by atoms with Gasteiger partial charge in [0, 0.05) is 24.5 Å². The average Bonchev–Trinajstić information content (AvgIpc) is 3.21. The van der Waals surface area contributed by atoms with Crippen LogP contribution in [0.3, 0.4) is 0 Å². The van der Waals surface area contributed by atoms with Crippen molar-refractivity contribution in [3.63, 3.8) is 0 Å². The maximum Gasteiger partial charge on any atom is 0.262 e. The summed E-state index contributed by atoms with van der Waals surface area (Å²) in [4.78, 5) is 2.35. The summed E-state index contributed by atoms with van der Waals surface area (Å²) < 4.78 is 44.8. The lowest BCUT2D eigenvalue weighted by Crippen LogP contribution is -2.29. The molecule has 3 aromatic rings. The van der Waals surface area contributed by atoms with E-state index in [2.05, 4.69) is 9.62 Å². The van der Waals surface area contributed by atoms with Gasteiger partial charge in [-0.3, -0.25) is 4.72 Å². The summed E-state index contributed by atoms with van der Waals surface area (Å²) in [6.45, 7) is 1.86. The topological polar surface area (TPSA) is 81.0 Å². The predicted octanol–water partition coefficient (Wildman–Crippen LogP) is 4.66. The third-order valence-electron chi connectivity index (χ3n) is 5.15. The SMILES string of the molecule is COc1ccc(S(=O)(=O)Nc2cc(N3CCCCC3)c3occc3c2)cc1OC.Cl. The molecule has 1 fully saturated rings. The van der Waals surface area contributed by atoms with Crippen molar-refractivity contribution in [2.75, 3.05) is 36.9 Å². The Morgan fingerprint density at radius 1 is 0.967 bits per heavy atom. The van der Waals surface area contributed by atoms with Gasteiger partial charge < -0.3 is 18.8 Å². The maximum absolute atomic E-state index is 13.0. The largest absolute Gasteiger partial charge is 0.493 e. The van der Waals surface area contributed by atoms with Crippen LogP contribution in [-0.4, -0.2) is 35.7 Å². The molecule has 2 aromatic carbocycles. The van der Waals surface area contributed by atoms with Crippen LogP contribution in [0.5, 0.6) is 11.5 Å². The summed E-state index contributed by atoms with van der Waals surface area (Å²) in [5.74, 6) is 0.827. The number of ether oxygens (including phenoxy) is 2. The number of furan rings is 1. The number of nitrogens with zero attached hydrogens (tertiary/aromatic N) is 1. The fourth-order valence-corrected chi connectivity index (χ4v) is 4.74. The highest BCUT2D eigenvalue weighted by Gasteiger charge is 2.21. The molecule has 0 atom stereocenters. The molecule has 30 heavy (non-hydrogen) atoms. The fourth-order valence-electron chi connectivity index (χ4n) is 3.69. The molecule has 0 unspecified atom stereocenters. The molecule has 1 aliphatic rings. The summed E-state index contributed by atoms with van der Waals surface area (Å²) in [5.41, 5.74) is 2.19. The lowest BCUT2D eigenvalue weighted by atomic mass is 10.1. The quantitative estimate of drug-likeness (QED) is 0.585. The summed E-state index contributed by atoms with van der Waals surface area (Å²) in [6.07, 6.45) is 5.07. The molecule has 1 aromatic heterocycles. The second-order valence-electron chi connectivity index (χ2n) is 7.00. The summed E-state index contributed by atoms with van der Waals surface area (Å²) in [5, 5.41) is 0.859. The van der Waals surface area contributed by atoms with Gasteiger partial charge in [-0.2, -0.15) is 0 Å². The van der Waals surface area contributed by atoms with Gasteiger partial charge in [0.15, 0.2) is 17.1 Å². The number of fused-ring (bicyclic) bond motifs is 1. The molecule has 1 saturated heterocycles. The molecule has 0 radical (unpaired) electrons. The number of sulfonamides is 1. The van der Waals surface area contributed by atoms with Gasteiger partial charge in [-0.15, -0.1) is 12.4 Å². The zero-order chi connectivity index (χ0) is 20.4. The minimum Gasteiger partial charge on any atom is -0.493 e. The molecule has 1 N–H and O–H groups in total. The first-order valence-corrected chi connectivity index (χ1v) is 11.0. The number of halogens is 1. The van der Waals surface area contributed by atoms with Gasteiger partial charge in [0.25, 0.3) is 10.0 Å². The number of piperidine rings is 1. The standard InChI is InChI=1S/C21H24N2O5S.ClH/c1-26-19-7-6-17(14-20(19)27-2)29(24,25)22-16-12-15-8-11-28-21(15)18(13-16)23-9-4-3-5-10-23;/h6-8,11-14,22H,3-5,9-10H2,1-2H3;1H. The first-order chi connectivity index (χ1) is 14.0. The molecule has 0 aliphatic carbocycles. The monoisotopic (exact) mass is 452 g/mol. The second-order valence-corrected chi connectivity index (χ2v) is 8.69. The Morgan fingerprint density at radius 3 is 2.40 bits per heavy atom. The number of methoxy groups -OCH3 is 2. The van der Waals surface area contributed by atoms with Crippen LogP contribution in [0.1, 0.15) is 19.3 Å². The van der Waals surface area contributed by atoms with Crippen LogP contribution in [0.2, 0.25) is 0 Å². The number of benzene rings is 2. The van der Waals surface area contributed by atoms with Crippen LogP contribution in [0.15, 0.2) is 52.0 Å². The first-order valence-electron chi connectivity index (χ1n) is 9.53. The van der Waals surface area contributed by atoms with Gasteiger partial charge in [0.05, 0.1) is 36.8 Å². The van der Waals surface area contributed by atoms with Crippen molar-refractivity contribution in [1.82, 2.24) is 0 Å². The number of anilines is 2. The number of hydrogen-bond acceptors (Lipinski definition) is 6. The van der Waals surface area contributed by atoms with Gasteiger partial charge in [0.2, 0.25) is 0 Å². The van der Waals surface area contributed by atoms with Crippen LogP contribution in [0.25, 0.3) is 11.0 Å². The van der Waals surface area contributed by atoms with E-state index in [0.717, 1.165) is 42.6 Å². The van der Waals surface area contributed by atoms with E-state index < -0.39 is 10.0 Å². The minimum absolute atomic E-state index is 0. The summed E-state index contributed by atoms with van der Waals surface area (Å²) >= 11 is 0. The average molecular weight is 453 g/mol. The number of rotatable bonds is 6. The van der Waals surface area contributed by atoms with Crippen LogP contribution in [-0.2, 0) is 10.0 Å². The summed E-state index contributed by atoms with van der Waals surface area (Å²) in [7, 11) is -0.827. The lowest BCUT2D eigenvalue weighted by Gasteiger charge is -2.29. The van der Waals surface area contributed by atoms with E-state index in [0.29, 0.717) is 17.2 Å². The Bertz CT molecular complexity index is 1120. The second kappa shape index (κ2) is 9.06. The van der Waals surface area contributed by atoms with Gasteiger partial charge >= 0.3 is 0 Å². The van der Waals surface area contributed by atoms with Crippen molar-refractivity contribution in [2.24, 2.45) is 0 Å². The molecule has 1 aliphatic heterocycles. The Kier molecular flexibility index (Phi) is 6.67. The smallest absolute Gasteiger partial charge is 0.262 e. The van der Waals surface area contributed by atoms with Crippen LogP contribution < -0.4 is 19.1 Å². The lowest BCUT2D eigenvalue weighted by molar-refractivity contribution is 0.354. The highest BCUT2D eigenvalue weighted by molar-refractivity contribution is 7.92. The van der Waals surface area contributed by atoms with Crippen molar-refractivity contribution in [1.29, 1.82) is 0 Å². The van der Waals surface area contributed by atoms with E-state index in [1.54, 1.807) is 18.4 Å². The summed E-state index contributed by atoms with van der Waals surface area (Å²) in [6, 6.07) is 9.98. The maximum atomic E-state index is 13.0. The van der Waals surface area contributed by atoms with E-state index in [-0.39, 0.29) is 17.3 Å². The van der Waals surface area contributed by atoms with Crippen LogP contribution in [0, 0.1) is 0 Å². The normalized spacial score (nSPS) is 14.3. The third-order valence-corrected chi connectivity index (χ3v) is 6.52. The van der Waals surface area contributed by atoms with Crippen molar-refractivity contribution in [2.45, 2.75) is 24.2 Å². The Balaban J connectivity index is 0.00000256. The molecule has 9 heteroatoms. The van der Waals surface area contributed by atoms with Crippen LogP contribution >= 0.6 is 12.4 Å². The molecule has 0 spiro atoms. The van der Waals surface area contributed by atoms with Gasteiger partial charge in [0.1, 0.15) is 0 Å². The van der Waals surface area contributed by atoms with Crippen molar-refractivity contribution < 1.29 is 22.3 Å².